The summed E-state index contributed by atoms with van der Waals surface area (Å²) in [7, 11) is 0. The van der Waals surface area contributed by atoms with Crippen molar-refractivity contribution in [3.8, 4) is 5.75 Å². The van der Waals surface area contributed by atoms with E-state index in [1.54, 1.807) is 6.07 Å². The minimum Gasteiger partial charge on any atom is -0.482 e. The van der Waals surface area contributed by atoms with Crippen LogP contribution in [0.15, 0.2) is 72.8 Å². The summed E-state index contributed by atoms with van der Waals surface area (Å²) >= 11 is 0. The first kappa shape index (κ1) is 22.0. The molecule has 3 aromatic carbocycles. The van der Waals surface area contributed by atoms with Crippen molar-refractivity contribution >= 4 is 23.2 Å². The Balaban J connectivity index is 1.40. The first-order valence-electron chi connectivity index (χ1n) is 11.5. The highest BCUT2D eigenvalue weighted by atomic mass is 16.5. The van der Waals surface area contributed by atoms with Crippen molar-refractivity contribution in [2.75, 3.05) is 43.1 Å². The van der Waals surface area contributed by atoms with E-state index < -0.39 is 0 Å². The van der Waals surface area contributed by atoms with Crippen LogP contribution < -0.4 is 20.3 Å². The van der Waals surface area contributed by atoms with Crippen LogP contribution in [0.4, 0.5) is 11.4 Å². The van der Waals surface area contributed by atoms with Gasteiger partial charge in [0.05, 0.1) is 31.4 Å². The van der Waals surface area contributed by atoms with Gasteiger partial charge in [0.25, 0.3) is 5.91 Å². The maximum atomic E-state index is 13.2. The number of nitrogens with zero attached hydrogens (tertiary/aromatic N) is 1. The number of ether oxygens (including phenoxy) is 2. The topological polar surface area (TPSA) is 79.9 Å². The molecule has 0 aliphatic carbocycles. The van der Waals surface area contributed by atoms with Gasteiger partial charge in [-0.05, 0) is 29.3 Å². The van der Waals surface area contributed by atoms with Crippen molar-refractivity contribution in [2.24, 2.45) is 0 Å². The maximum absolute atomic E-state index is 13.2. The standard InChI is InChI=1S/C27H27N3O4/c31-25(17-19-10-11-22-24(16-19)34-18-26(32)28-22)29-27(20-6-2-1-3-7-20)21-8-4-5-9-23(21)30-12-14-33-15-13-30/h1-11,16,27H,12-15,17-18H2,(H,28,32)(H,29,31). The largest absolute Gasteiger partial charge is 0.482 e. The van der Waals surface area contributed by atoms with Gasteiger partial charge in [-0.15, -0.1) is 0 Å². The van der Waals surface area contributed by atoms with Crippen molar-refractivity contribution < 1.29 is 19.1 Å². The zero-order chi connectivity index (χ0) is 23.3. The van der Waals surface area contributed by atoms with Crippen molar-refractivity contribution in [1.82, 2.24) is 5.32 Å². The molecule has 3 aromatic rings. The second-order valence-corrected chi connectivity index (χ2v) is 8.41. The molecular formula is C27H27N3O4. The molecule has 2 amide bonds. The van der Waals surface area contributed by atoms with E-state index in [4.69, 9.17) is 9.47 Å². The SMILES string of the molecule is O=C1COc2cc(CC(=O)NC(c3ccccc3)c3ccccc3N3CCOCC3)ccc2N1. The number of benzene rings is 3. The molecule has 0 bridgehead atoms. The third-order valence-corrected chi connectivity index (χ3v) is 6.08. The van der Waals surface area contributed by atoms with Gasteiger partial charge in [0, 0.05) is 24.3 Å². The number of anilines is 2. The number of morpholine rings is 1. The van der Waals surface area contributed by atoms with Gasteiger partial charge < -0.3 is 25.0 Å². The fourth-order valence-corrected chi connectivity index (χ4v) is 4.44. The average Bonchev–Trinajstić information content (AvgIpc) is 2.88. The van der Waals surface area contributed by atoms with Gasteiger partial charge in [-0.2, -0.15) is 0 Å². The maximum Gasteiger partial charge on any atom is 0.262 e. The van der Waals surface area contributed by atoms with Crippen LogP contribution in [0.2, 0.25) is 0 Å². The molecule has 1 saturated heterocycles. The highest BCUT2D eigenvalue weighted by molar-refractivity contribution is 5.95. The van der Waals surface area contributed by atoms with Gasteiger partial charge >= 0.3 is 0 Å². The van der Waals surface area contributed by atoms with E-state index in [1.807, 2.05) is 54.6 Å². The Morgan fingerprint density at radius 2 is 1.76 bits per heavy atom. The lowest BCUT2D eigenvalue weighted by Gasteiger charge is -2.33. The number of hydrogen-bond acceptors (Lipinski definition) is 5. The van der Waals surface area contributed by atoms with Crippen LogP contribution in [0.1, 0.15) is 22.7 Å². The summed E-state index contributed by atoms with van der Waals surface area (Å²) in [5, 5.41) is 6.03. The molecule has 1 fully saturated rings. The van der Waals surface area contributed by atoms with E-state index in [1.165, 1.54) is 0 Å². The van der Waals surface area contributed by atoms with E-state index in [2.05, 4.69) is 27.7 Å². The Hall–Kier alpha value is -3.84. The number of amides is 2. The lowest BCUT2D eigenvalue weighted by Crippen LogP contribution is -2.38. The first-order chi connectivity index (χ1) is 16.7. The molecule has 7 heteroatoms. The number of nitrogens with one attached hydrogen (secondary N) is 2. The summed E-state index contributed by atoms with van der Waals surface area (Å²) in [5.41, 5.74) is 4.63. The van der Waals surface area contributed by atoms with Gasteiger partial charge in [0.2, 0.25) is 5.91 Å². The van der Waals surface area contributed by atoms with Crippen LogP contribution in [-0.4, -0.2) is 44.7 Å². The van der Waals surface area contributed by atoms with E-state index in [-0.39, 0.29) is 30.9 Å². The van der Waals surface area contributed by atoms with E-state index in [0.29, 0.717) is 24.7 Å². The summed E-state index contributed by atoms with van der Waals surface area (Å²) in [5.74, 6) is 0.315. The monoisotopic (exact) mass is 457 g/mol. The zero-order valence-electron chi connectivity index (χ0n) is 18.8. The lowest BCUT2D eigenvalue weighted by atomic mass is 9.96. The zero-order valence-corrected chi connectivity index (χ0v) is 18.8. The highest BCUT2D eigenvalue weighted by Crippen LogP contribution is 2.32. The minimum atomic E-state index is -0.291. The Labute approximate surface area is 198 Å². The number of para-hydroxylation sites is 1. The quantitative estimate of drug-likeness (QED) is 0.594. The van der Waals surface area contributed by atoms with Gasteiger partial charge in [-0.1, -0.05) is 54.6 Å². The Morgan fingerprint density at radius 1 is 1.00 bits per heavy atom. The molecule has 2 aliphatic heterocycles. The molecule has 2 heterocycles. The molecular weight excluding hydrogens is 430 g/mol. The molecule has 174 valence electrons. The predicted molar refractivity (Wildman–Crippen MR) is 130 cm³/mol. The summed E-state index contributed by atoms with van der Waals surface area (Å²) < 4.78 is 11.0. The molecule has 5 rings (SSSR count). The molecule has 2 aliphatic rings. The van der Waals surface area contributed by atoms with Crippen LogP contribution in [0.25, 0.3) is 0 Å². The molecule has 0 aromatic heterocycles. The molecule has 34 heavy (non-hydrogen) atoms. The number of carbonyl (C=O) groups is 2. The smallest absolute Gasteiger partial charge is 0.262 e. The summed E-state index contributed by atoms with van der Waals surface area (Å²) in [6.45, 7) is 3.00. The summed E-state index contributed by atoms with van der Waals surface area (Å²) in [6, 6.07) is 23.4. The third-order valence-electron chi connectivity index (χ3n) is 6.08. The minimum absolute atomic E-state index is 0.0168. The van der Waals surface area contributed by atoms with E-state index >= 15 is 0 Å². The van der Waals surface area contributed by atoms with Crippen molar-refractivity contribution in [2.45, 2.75) is 12.5 Å². The third kappa shape index (κ3) is 4.89. The summed E-state index contributed by atoms with van der Waals surface area (Å²) in [6.07, 6.45) is 0.202. The van der Waals surface area contributed by atoms with Crippen molar-refractivity contribution in [1.29, 1.82) is 0 Å². The van der Waals surface area contributed by atoms with E-state index in [0.717, 1.165) is 35.5 Å². The van der Waals surface area contributed by atoms with Crippen molar-refractivity contribution in [3.05, 3.63) is 89.5 Å². The van der Waals surface area contributed by atoms with Crippen LogP contribution in [0.3, 0.4) is 0 Å². The fraction of sp³-hybridized carbons (Fsp3) is 0.259. The van der Waals surface area contributed by atoms with Crippen LogP contribution in [0, 0.1) is 0 Å². The Morgan fingerprint density at radius 3 is 2.59 bits per heavy atom. The molecule has 0 radical (unpaired) electrons. The Kier molecular flexibility index (Phi) is 6.44. The van der Waals surface area contributed by atoms with Gasteiger partial charge in [0.1, 0.15) is 5.75 Å². The predicted octanol–water partition coefficient (Wildman–Crippen LogP) is 3.30. The number of hydrogen-bond donors (Lipinski definition) is 2. The first-order valence-corrected chi connectivity index (χ1v) is 11.5. The van der Waals surface area contributed by atoms with Crippen LogP contribution >= 0.6 is 0 Å². The number of fused-ring (bicyclic) bond motifs is 1. The normalized spacial score (nSPS) is 16.1. The van der Waals surface area contributed by atoms with Gasteiger partial charge in [-0.3, -0.25) is 9.59 Å². The highest BCUT2D eigenvalue weighted by Gasteiger charge is 2.24. The summed E-state index contributed by atoms with van der Waals surface area (Å²) in [4.78, 5) is 27.0. The van der Waals surface area contributed by atoms with Crippen molar-refractivity contribution in [3.63, 3.8) is 0 Å². The Bertz CT molecular complexity index is 1180. The van der Waals surface area contributed by atoms with Crippen LogP contribution in [-0.2, 0) is 20.7 Å². The second-order valence-electron chi connectivity index (χ2n) is 8.41. The molecule has 1 unspecified atom stereocenters. The van der Waals surface area contributed by atoms with Gasteiger partial charge in [0.15, 0.2) is 6.61 Å². The number of carbonyl (C=O) groups excluding carboxylic acids is 2. The van der Waals surface area contributed by atoms with Gasteiger partial charge in [-0.25, -0.2) is 0 Å². The molecule has 7 nitrogen and oxygen atoms in total. The molecule has 2 N–H and O–H groups in total. The van der Waals surface area contributed by atoms with E-state index in [9.17, 15) is 9.59 Å². The molecule has 0 spiro atoms. The lowest BCUT2D eigenvalue weighted by molar-refractivity contribution is -0.121. The molecule has 0 saturated carbocycles. The van der Waals surface area contributed by atoms with Crippen LogP contribution in [0.5, 0.6) is 5.75 Å². The second kappa shape index (κ2) is 9.97. The number of rotatable bonds is 6. The fourth-order valence-electron chi connectivity index (χ4n) is 4.44. The molecule has 1 atom stereocenters. The average molecular weight is 458 g/mol.